The number of rotatable bonds is 7. The van der Waals surface area contributed by atoms with Gasteiger partial charge in [0.1, 0.15) is 10.8 Å². The van der Waals surface area contributed by atoms with Gasteiger partial charge in [0.05, 0.1) is 5.56 Å². The maximum absolute atomic E-state index is 8.80. The van der Waals surface area contributed by atoms with Crippen LogP contribution in [0, 0.1) is 0 Å². The number of aliphatic hydroxyl groups is 1. The molecule has 2 aromatic heterocycles. The number of anilines is 2. The Balaban J connectivity index is 2.13. The Labute approximate surface area is 123 Å². The van der Waals surface area contributed by atoms with Crippen LogP contribution in [0.4, 0.5) is 10.8 Å². The molecule has 5 nitrogen and oxygen atoms in total. The number of nitrogens with two attached hydrogens (primary N) is 1. The minimum Gasteiger partial charge on any atom is -0.396 e. The number of aliphatic hydroxyl groups excluding tert-OH is 1. The maximum atomic E-state index is 8.80. The molecule has 2 aromatic rings. The van der Waals surface area contributed by atoms with Crippen molar-refractivity contribution < 1.29 is 5.11 Å². The average molecular weight is 292 g/mol. The molecule has 2 rings (SSSR count). The molecule has 108 valence electrons. The second-order valence-electron chi connectivity index (χ2n) is 4.70. The summed E-state index contributed by atoms with van der Waals surface area (Å²) < 4.78 is 4.27. The standard InChI is InChI=1S/C14H20N4OS/c1-18(8-3-2-4-9-19)14-12(13(15)17-20-14)11-6-5-7-16-10-11/h5-7,10,19H,2-4,8-9H2,1H3,(H2,15,17). The summed E-state index contributed by atoms with van der Waals surface area (Å²) in [5.74, 6) is 0.556. The topological polar surface area (TPSA) is 75.3 Å². The number of nitrogen functional groups attached to an aromatic ring is 1. The Kier molecular flexibility index (Phi) is 5.31. The highest BCUT2D eigenvalue weighted by molar-refractivity contribution is 7.11. The molecule has 0 saturated carbocycles. The molecule has 0 bridgehead atoms. The second kappa shape index (κ2) is 7.21. The fourth-order valence-electron chi connectivity index (χ4n) is 2.07. The van der Waals surface area contributed by atoms with E-state index < -0.39 is 0 Å². The molecule has 2 heterocycles. The summed E-state index contributed by atoms with van der Waals surface area (Å²) in [6.45, 7) is 1.19. The Morgan fingerprint density at radius 3 is 2.90 bits per heavy atom. The van der Waals surface area contributed by atoms with Crippen LogP contribution in [0.3, 0.4) is 0 Å². The van der Waals surface area contributed by atoms with E-state index in [1.807, 2.05) is 25.4 Å². The monoisotopic (exact) mass is 292 g/mol. The minimum atomic E-state index is 0.262. The molecule has 0 unspecified atom stereocenters. The lowest BCUT2D eigenvalue weighted by Gasteiger charge is -2.18. The van der Waals surface area contributed by atoms with E-state index in [4.69, 9.17) is 10.8 Å². The molecule has 0 aliphatic carbocycles. The van der Waals surface area contributed by atoms with E-state index in [9.17, 15) is 0 Å². The van der Waals surface area contributed by atoms with Gasteiger partial charge in [0.15, 0.2) is 0 Å². The lowest BCUT2D eigenvalue weighted by atomic mass is 10.1. The van der Waals surface area contributed by atoms with Crippen LogP contribution in [-0.4, -0.2) is 34.7 Å². The highest BCUT2D eigenvalue weighted by atomic mass is 32.1. The van der Waals surface area contributed by atoms with E-state index in [-0.39, 0.29) is 6.61 Å². The van der Waals surface area contributed by atoms with Gasteiger partial charge in [-0.2, -0.15) is 4.37 Å². The van der Waals surface area contributed by atoms with E-state index in [2.05, 4.69) is 14.3 Å². The summed E-state index contributed by atoms with van der Waals surface area (Å²) in [5.41, 5.74) is 7.96. The minimum absolute atomic E-state index is 0.262. The van der Waals surface area contributed by atoms with E-state index in [1.54, 1.807) is 6.20 Å². The van der Waals surface area contributed by atoms with Crippen LogP contribution < -0.4 is 10.6 Å². The fraction of sp³-hybridized carbons (Fsp3) is 0.429. The summed E-state index contributed by atoms with van der Waals surface area (Å²) >= 11 is 1.42. The Morgan fingerprint density at radius 2 is 2.20 bits per heavy atom. The van der Waals surface area contributed by atoms with Gasteiger partial charge >= 0.3 is 0 Å². The number of aromatic nitrogens is 2. The molecule has 20 heavy (non-hydrogen) atoms. The summed E-state index contributed by atoms with van der Waals surface area (Å²) in [7, 11) is 2.05. The largest absolute Gasteiger partial charge is 0.396 e. The molecule has 0 aromatic carbocycles. The third-order valence-corrected chi connectivity index (χ3v) is 4.13. The molecule has 0 amide bonds. The predicted octanol–water partition coefficient (Wildman–Crippen LogP) is 2.39. The molecule has 0 fully saturated rings. The van der Waals surface area contributed by atoms with Gasteiger partial charge in [-0.3, -0.25) is 4.98 Å². The van der Waals surface area contributed by atoms with Crippen molar-refractivity contribution in [1.29, 1.82) is 0 Å². The van der Waals surface area contributed by atoms with Crippen LogP contribution in [0.1, 0.15) is 19.3 Å². The van der Waals surface area contributed by atoms with Crippen LogP contribution in [0.5, 0.6) is 0 Å². The molecule has 0 spiro atoms. The van der Waals surface area contributed by atoms with Crippen molar-refractivity contribution in [2.24, 2.45) is 0 Å². The van der Waals surface area contributed by atoms with Crippen LogP contribution >= 0.6 is 11.5 Å². The Morgan fingerprint density at radius 1 is 1.35 bits per heavy atom. The first kappa shape index (κ1) is 14.7. The van der Waals surface area contributed by atoms with Crippen molar-refractivity contribution in [3.8, 4) is 11.1 Å². The van der Waals surface area contributed by atoms with Crippen molar-refractivity contribution in [1.82, 2.24) is 9.36 Å². The molecular weight excluding hydrogens is 272 g/mol. The third kappa shape index (κ3) is 3.46. The Bertz CT molecular complexity index is 529. The van der Waals surface area contributed by atoms with Crippen LogP contribution in [0.2, 0.25) is 0 Å². The molecule has 3 N–H and O–H groups in total. The first-order chi connectivity index (χ1) is 9.74. The van der Waals surface area contributed by atoms with Gasteiger partial charge in [-0.25, -0.2) is 0 Å². The normalized spacial score (nSPS) is 10.7. The van der Waals surface area contributed by atoms with Crippen LogP contribution in [-0.2, 0) is 0 Å². The van der Waals surface area contributed by atoms with Crippen LogP contribution in [0.15, 0.2) is 24.5 Å². The van der Waals surface area contributed by atoms with E-state index in [0.717, 1.165) is 41.9 Å². The van der Waals surface area contributed by atoms with Crippen LogP contribution in [0.25, 0.3) is 11.1 Å². The zero-order chi connectivity index (χ0) is 14.4. The SMILES string of the molecule is CN(CCCCCO)c1snc(N)c1-c1cccnc1. The quantitative estimate of drug-likeness (QED) is 0.766. The first-order valence-electron chi connectivity index (χ1n) is 6.71. The summed E-state index contributed by atoms with van der Waals surface area (Å²) in [5, 5.41) is 9.87. The molecule has 0 aliphatic rings. The smallest absolute Gasteiger partial charge is 0.147 e. The van der Waals surface area contributed by atoms with E-state index in [0.29, 0.717) is 5.82 Å². The number of hydrogen-bond acceptors (Lipinski definition) is 6. The molecule has 0 atom stereocenters. The van der Waals surface area contributed by atoms with Crippen molar-refractivity contribution in [3.05, 3.63) is 24.5 Å². The average Bonchev–Trinajstić information content (AvgIpc) is 2.86. The molecular formula is C14H20N4OS. The van der Waals surface area contributed by atoms with Gasteiger partial charge in [0.2, 0.25) is 0 Å². The van der Waals surface area contributed by atoms with Gasteiger partial charge in [0, 0.05) is 38.2 Å². The molecule has 0 radical (unpaired) electrons. The van der Waals surface area contributed by atoms with E-state index >= 15 is 0 Å². The summed E-state index contributed by atoms with van der Waals surface area (Å²) in [6, 6.07) is 3.90. The van der Waals surface area contributed by atoms with Crippen molar-refractivity contribution >= 4 is 22.4 Å². The van der Waals surface area contributed by atoms with Gasteiger partial charge in [-0.15, -0.1) is 0 Å². The maximum Gasteiger partial charge on any atom is 0.147 e. The lowest BCUT2D eigenvalue weighted by molar-refractivity contribution is 0.283. The van der Waals surface area contributed by atoms with Crippen molar-refractivity contribution in [2.45, 2.75) is 19.3 Å². The third-order valence-electron chi connectivity index (χ3n) is 3.15. The lowest BCUT2D eigenvalue weighted by Crippen LogP contribution is -2.18. The zero-order valence-electron chi connectivity index (χ0n) is 11.6. The molecule has 0 aliphatic heterocycles. The zero-order valence-corrected chi connectivity index (χ0v) is 12.4. The van der Waals surface area contributed by atoms with E-state index in [1.165, 1.54) is 11.5 Å². The van der Waals surface area contributed by atoms with Gasteiger partial charge in [0.25, 0.3) is 0 Å². The molecule has 6 heteroatoms. The summed E-state index contributed by atoms with van der Waals surface area (Å²) in [6.07, 6.45) is 6.48. The van der Waals surface area contributed by atoms with Gasteiger partial charge in [-0.05, 0) is 36.9 Å². The Hall–Kier alpha value is -1.66. The van der Waals surface area contributed by atoms with Gasteiger partial charge in [-0.1, -0.05) is 6.07 Å². The number of hydrogen-bond donors (Lipinski definition) is 2. The van der Waals surface area contributed by atoms with Crippen molar-refractivity contribution in [3.63, 3.8) is 0 Å². The predicted molar refractivity (Wildman–Crippen MR) is 84.0 cm³/mol. The molecule has 0 saturated heterocycles. The number of nitrogens with zero attached hydrogens (tertiary/aromatic N) is 3. The van der Waals surface area contributed by atoms with Gasteiger partial charge < -0.3 is 15.7 Å². The fourth-order valence-corrected chi connectivity index (χ4v) is 2.90. The van der Waals surface area contributed by atoms with Crippen molar-refractivity contribution in [2.75, 3.05) is 30.8 Å². The number of pyridine rings is 1. The second-order valence-corrected chi connectivity index (χ2v) is 5.45. The highest BCUT2D eigenvalue weighted by Gasteiger charge is 2.16. The first-order valence-corrected chi connectivity index (χ1v) is 7.49. The summed E-state index contributed by atoms with van der Waals surface area (Å²) in [4.78, 5) is 6.32. The number of unbranched alkanes of at least 4 members (excludes halogenated alkanes) is 2. The highest BCUT2D eigenvalue weighted by Crippen LogP contribution is 2.38.